The standard InChI is InChI=1S/C14H18ClNO2/c1-2-13-12(5-6-18-13)14(17)16-10-3-4-11(16)8-9(15)7-10/h5-6,9-11H,2-4,7-8H2,1H3. The van der Waals surface area contributed by atoms with Gasteiger partial charge in [-0.05, 0) is 31.7 Å². The van der Waals surface area contributed by atoms with Gasteiger partial charge in [0.1, 0.15) is 5.76 Å². The Morgan fingerprint density at radius 2 is 2.11 bits per heavy atom. The maximum Gasteiger partial charge on any atom is 0.257 e. The second-order valence-electron chi connectivity index (χ2n) is 5.28. The maximum absolute atomic E-state index is 12.6. The molecule has 2 fully saturated rings. The zero-order valence-corrected chi connectivity index (χ0v) is 11.3. The Balaban J connectivity index is 1.85. The van der Waals surface area contributed by atoms with Gasteiger partial charge in [-0.3, -0.25) is 4.79 Å². The zero-order valence-electron chi connectivity index (χ0n) is 10.6. The van der Waals surface area contributed by atoms with Gasteiger partial charge < -0.3 is 9.32 Å². The first-order valence-corrected chi connectivity index (χ1v) is 7.17. The molecule has 2 unspecified atom stereocenters. The number of aryl methyl sites for hydroxylation is 1. The van der Waals surface area contributed by atoms with Crippen LogP contribution < -0.4 is 0 Å². The molecule has 2 aliphatic heterocycles. The van der Waals surface area contributed by atoms with Gasteiger partial charge in [-0.1, -0.05) is 6.92 Å². The molecule has 3 rings (SSSR count). The van der Waals surface area contributed by atoms with Gasteiger partial charge in [-0.25, -0.2) is 0 Å². The van der Waals surface area contributed by atoms with Crippen molar-refractivity contribution in [1.29, 1.82) is 0 Å². The summed E-state index contributed by atoms with van der Waals surface area (Å²) in [5.74, 6) is 0.934. The summed E-state index contributed by atoms with van der Waals surface area (Å²) in [4.78, 5) is 14.7. The topological polar surface area (TPSA) is 33.5 Å². The molecule has 98 valence electrons. The van der Waals surface area contributed by atoms with Crippen molar-refractivity contribution in [3.05, 3.63) is 23.7 Å². The number of alkyl halides is 1. The van der Waals surface area contributed by atoms with E-state index >= 15 is 0 Å². The van der Waals surface area contributed by atoms with E-state index in [0.29, 0.717) is 12.1 Å². The molecule has 2 saturated heterocycles. The van der Waals surface area contributed by atoms with Gasteiger partial charge in [0.25, 0.3) is 5.91 Å². The predicted octanol–water partition coefficient (Wildman–Crippen LogP) is 3.22. The van der Waals surface area contributed by atoms with Crippen molar-refractivity contribution in [1.82, 2.24) is 4.90 Å². The third-order valence-electron chi connectivity index (χ3n) is 4.21. The average Bonchev–Trinajstić information content (AvgIpc) is 2.92. The van der Waals surface area contributed by atoms with Gasteiger partial charge in [0, 0.05) is 23.9 Å². The fraction of sp³-hybridized carbons (Fsp3) is 0.643. The lowest BCUT2D eigenvalue weighted by atomic mass is 10.0. The molecule has 18 heavy (non-hydrogen) atoms. The van der Waals surface area contributed by atoms with Crippen LogP contribution in [0.5, 0.6) is 0 Å². The molecule has 0 radical (unpaired) electrons. The quantitative estimate of drug-likeness (QED) is 0.771. The highest BCUT2D eigenvalue weighted by molar-refractivity contribution is 6.20. The smallest absolute Gasteiger partial charge is 0.257 e. The van der Waals surface area contributed by atoms with Gasteiger partial charge in [0.05, 0.1) is 11.8 Å². The number of fused-ring (bicyclic) bond motifs is 2. The lowest BCUT2D eigenvalue weighted by Gasteiger charge is -2.37. The Kier molecular flexibility index (Phi) is 3.10. The molecule has 0 saturated carbocycles. The van der Waals surface area contributed by atoms with Crippen LogP contribution >= 0.6 is 11.6 Å². The summed E-state index contributed by atoms with van der Waals surface area (Å²) < 4.78 is 5.36. The molecule has 1 amide bonds. The normalized spacial score (nSPS) is 30.8. The van der Waals surface area contributed by atoms with Crippen LogP contribution in [0.25, 0.3) is 0 Å². The first kappa shape index (κ1) is 12.1. The van der Waals surface area contributed by atoms with E-state index in [1.165, 1.54) is 0 Å². The first-order chi connectivity index (χ1) is 8.70. The SMILES string of the molecule is CCc1occc1C(=O)N1C2CCC1CC(Cl)C2. The number of carbonyl (C=O) groups excluding carboxylic acids is 1. The highest BCUT2D eigenvalue weighted by Crippen LogP contribution is 2.39. The van der Waals surface area contributed by atoms with Gasteiger partial charge in [0.2, 0.25) is 0 Å². The molecule has 1 aromatic heterocycles. The first-order valence-electron chi connectivity index (χ1n) is 6.73. The summed E-state index contributed by atoms with van der Waals surface area (Å²) in [6.45, 7) is 2.01. The monoisotopic (exact) mass is 267 g/mol. The number of carbonyl (C=O) groups is 1. The van der Waals surface area contributed by atoms with E-state index in [1.807, 2.05) is 6.92 Å². The number of nitrogens with zero attached hydrogens (tertiary/aromatic N) is 1. The van der Waals surface area contributed by atoms with Crippen LogP contribution in [0.1, 0.15) is 48.7 Å². The van der Waals surface area contributed by atoms with Gasteiger partial charge in [0.15, 0.2) is 0 Å². The fourth-order valence-electron chi connectivity index (χ4n) is 3.39. The lowest BCUT2D eigenvalue weighted by molar-refractivity contribution is 0.0597. The van der Waals surface area contributed by atoms with Crippen LogP contribution in [-0.4, -0.2) is 28.3 Å². The molecule has 3 nitrogen and oxygen atoms in total. The lowest BCUT2D eigenvalue weighted by Crippen LogP contribution is -2.47. The Morgan fingerprint density at radius 1 is 1.44 bits per heavy atom. The largest absolute Gasteiger partial charge is 0.469 e. The van der Waals surface area contributed by atoms with Crippen molar-refractivity contribution < 1.29 is 9.21 Å². The number of rotatable bonds is 2. The maximum atomic E-state index is 12.6. The molecule has 3 heterocycles. The van der Waals surface area contributed by atoms with Crippen LogP contribution in [0, 0.1) is 0 Å². The predicted molar refractivity (Wildman–Crippen MR) is 69.9 cm³/mol. The van der Waals surface area contributed by atoms with Crippen LogP contribution in [-0.2, 0) is 6.42 Å². The number of hydrogen-bond acceptors (Lipinski definition) is 2. The number of piperidine rings is 1. The number of furan rings is 1. The minimum atomic E-state index is 0.136. The third kappa shape index (κ3) is 1.85. The zero-order chi connectivity index (χ0) is 12.7. The second kappa shape index (κ2) is 4.61. The summed E-state index contributed by atoms with van der Waals surface area (Å²) >= 11 is 6.24. The van der Waals surface area contributed by atoms with Crippen molar-refractivity contribution in [3.8, 4) is 0 Å². The van der Waals surface area contributed by atoms with Gasteiger partial charge in [-0.2, -0.15) is 0 Å². The van der Waals surface area contributed by atoms with E-state index in [1.54, 1.807) is 12.3 Å². The molecule has 0 N–H and O–H groups in total. The van der Waals surface area contributed by atoms with Crippen molar-refractivity contribution in [3.63, 3.8) is 0 Å². The summed E-state index contributed by atoms with van der Waals surface area (Å²) in [7, 11) is 0. The molecule has 2 bridgehead atoms. The van der Waals surface area contributed by atoms with Crippen molar-refractivity contribution in [2.24, 2.45) is 0 Å². The minimum Gasteiger partial charge on any atom is -0.469 e. The molecular formula is C14H18ClNO2. The molecule has 0 aromatic carbocycles. The third-order valence-corrected chi connectivity index (χ3v) is 4.56. The summed E-state index contributed by atoms with van der Waals surface area (Å²) in [5.41, 5.74) is 0.738. The van der Waals surface area contributed by atoms with E-state index in [4.69, 9.17) is 16.0 Å². The molecule has 2 aliphatic rings. The Labute approximate surface area is 112 Å². The summed E-state index contributed by atoms with van der Waals surface area (Å²) in [6, 6.07) is 2.46. The van der Waals surface area contributed by atoms with Gasteiger partial charge in [-0.15, -0.1) is 11.6 Å². The van der Waals surface area contributed by atoms with Crippen molar-refractivity contribution >= 4 is 17.5 Å². The Bertz CT molecular complexity index is 442. The minimum absolute atomic E-state index is 0.136. The van der Waals surface area contributed by atoms with E-state index in [9.17, 15) is 4.79 Å². The summed E-state index contributed by atoms with van der Waals surface area (Å²) in [6.07, 6.45) is 6.43. The van der Waals surface area contributed by atoms with E-state index in [2.05, 4.69) is 4.90 Å². The molecule has 0 spiro atoms. The highest BCUT2D eigenvalue weighted by atomic mass is 35.5. The molecular weight excluding hydrogens is 250 g/mol. The number of amides is 1. The molecule has 0 aliphatic carbocycles. The van der Waals surface area contributed by atoms with E-state index in [0.717, 1.165) is 43.4 Å². The van der Waals surface area contributed by atoms with Gasteiger partial charge >= 0.3 is 0 Å². The molecule has 2 atom stereocenters. The molecule has 1 aromatic rings. The van der Waals surface area contributed by atoms with Crippen molar-refractivity contribution in [2.45, 2.75) is 56.5 Å². The second-order valence-corrected chi connectivity index (χ2v) is 5.89. The van der Waals surface area contributed by atoms with Crippen LogP contribution in [0.15, 0.2) is 16.7 Å². The van der Waals surface area contributed by atoms with E-state index < -0.39 is 0 Å². The number of halogens is 1. The summed E-state index contributed by atoms with van der Waals surface area (Å²) in [5, 5.41) is 0.238. The van der Waals surface area contributed by atoms with Crippen LogP contribution in [0.3, 0.4) is 0 Å². The molecule has 4 heteroatoms. The highest BCUT2D eigenvalue weighted by Gasteiger charge is 2.43. The van der Waals surface area contributed by atoms with Crippen LogP contribution in [0.4, 0.5) is 0 Å². The van der Waals surface area contributed by atoms with E-state index in [-0.39, 0.29) is 11.3 Å². The fourth-order valence-corrected chi connectivity index (χ4v) is 3.80. The number of hydrogen-bond donors (Lipinski definition) is 0. The van der Waals surface area contributed by atoms with Crippen LogP contribution in [0.2, 0.25) is 0 Å². The Hall–Kier alpha value is -0.960. The Morgan fingerprint density at radius 3 is 2.72 bits per heavy atom. The average molecular weight is 268 g/mol. The van der Waals surface area contributed by atoms with Crippen molar-refractivity contribution in [2.75, 3.05) is 0 Å².